The number of nitrogens with zero attached hydrogens (tertiary/aromatic N) is 4. The van der Waals surface area contributed by atoms with Crippen LogP contribution in [-0.4, -0.2) is 59.0 Å². The SMILES string of the molecule is COc1ccc(C(=O)N2CC[C@@H](N(C)Cc3nccc(N)n3)C2)cc1. The number of likely N-dealkylation sites (tertiary alicyclic amines) is 1. The van der Waals surface area contributed by atoms with Crippen molar-refractivity contribution >= 4 is 11.7 Å². The van der Waals surface area contributed by atoms with Gasteiger partial charge < -0.3 is 15.4 Å². The molecule has 1 aromatic heterocycles. The van der Waals surface area contributed by atoms with E-state index in [2.05, 4.69) is 14.9 Å². The fourth-order valence-corrected chi connectivity index (χ4v) is 3.05. The van der Waals surface area contributed by atoms with Crippen LogP contribution < -0.4 is 10.5 Å². The lowest BCUT2D eigenvalue weighted by Crippen LogP contribution is -2.36. The van der Waals surface area contributed by atoms with Crippen LogP contribution >= 0.6 is 0 Å². The molecule has 2 N–H and O–H groups in total. The zero-order valence-corrected chi connectivity index (χ0v) is 14.6. The summed E-state index contributed by atoms with van der Waals surface area (Å²) < 4.78 is 5.14. The van der Waals surface area contributed by atoms with Gasteiger partial charge in [-0.25, -0.2) is 9.97 Å². The third kappa shape index (κ3) is 4.06. The molecule has 1 aliphatic rings. The summed E-state index contributed by atoms with van der Waals surface area (Å²) >= 11 is 0. The number of benzene rings is 1. The Hall–Kier alpha value is -2.67. The summed E-state index contributed by atoms with van der Waals surface area (Å²) in [7, 11) is 3.64. The molecule has 2 aromatic rings. The Morgan fingerprint density at radius 3 is 2.80 bits per heavy atom. The van der Waals surface area contributed by atoms with Crippen LogP contribution in [0.4, 0.5) is 5.82 Å². The second-order valence-corrected chi connectivity index (χ2v) is 6.24. The lowest BCUT2D eigenvalue weighted by molar-refractivity contribution is 0.0779. The molecular weight excluding hydrogens is 318 g/mol. The number of carbonyl (C=O) groups is 1. The van der Waals surface area contributed by atoms with E-state index in [-0.39, 0.29) is 11.9 Å². The molecule has 0 radical (unpaired) electrons. The average molecular weight is 341 g/mol. The fraction of sp³-hybridized carbons (Fsp3) is 0.389. The van der Waals surface area contributed by atoms with E-state index in [1.165, 1.54) is 0 Å². The summed E-state index contributed by atoms with van der Waals surface area (Å²) in [5.41, 5.74) is 6.39. The first-order valence-corrected chi connectivity index (χ1v) is 8.28. The van der Waals surface area contributed by atoms with Gasteiger partial charge >= 0.3 is 0 Å². The van der Waals surface area contributed by atoms with Crippen LogP contribution in [0.15, 0.2) is 36.5 Å². The molecule has 2 heterocycles. The first-order chi connectivity index (χ1) is 12.1. The molecule has 1 fully saturated rings. The molecule has 1 aromatic carbocycles. The van der Waals surface area contributed by atoms with Gasteiger partial charge in [0.05, 0.1) is 13.7 Å². The van der Waals surface area contributed by atoms with Crippen LogP contribution in [0.1, 0.15) is 22.6 Å². The van der Waals surface area contributed by atoms with E-state index >= 15 is 0 Å². The molecule has 1 amide bonds. The molecular formula is C18H23N5O2. The number of anilines is 1. The Morgan fingerprint density at radius 2 is 2.12 bits per heavy atom. The average Bonchev–Trinajstić information content (AvgIpc) is 3.11. The fourth-order valence-electron chi connectivity index (χ4n) is 3.05. The molecule has 25 heavy (non-hydrogen) atoms. The maximum absolute atomic E-state index is 12.6. The van der Waals surface area contributed by atoms with Gasteiger partial charge in [-0.05, 0) is 43.8 Å². The molecule has 0 aliphatic carbocycles. The highest BCUT2D eigenvalue weighted by Crippen LogP contribution is 2.20. The van der Waals surface area contributed by atoms with Crippen molar-refractivity contribution in [3.05, 3.63) is 47.9 Å². The Labute approximate surface area is 147 Å². The molecule has 1 aliphatic heterocycles. The minimum Gasteiger partial charge on any atom is -0.497 e. The van der Waals surface area contributed by atoms with Crippen LogP contribution in [0.5, 0.6) is 5.75 Å². The molecule has 0 bridgehead atoms. The Kier molecular flexibility index (Phi) is 5.14. The first kappa shape index (κ1) is 17.2. The maximum atomic E-state index is 12.6. The van der Waals surface area contributed by atoms with E-state index in [9.17, 15) is 4.79 Å². The standard InChI is InChI=1S/C18H23N5O2/c1-22(12-17-20-9-7-16(19)21-17)14-8-10-23(11-14)18(24)13-3-5-15(25-2)6-4-13/h3-7,9,14H,8,10-12H2,1-2H3,(H2,19,20,21)/t14-/m1/s1. The highest BCUT2D eigenvalue weighted by Gasteiger charge is 2.29. The maximum Gasteiger partial charge on any atom is 0.253 e. The van der Waals surface area contributed by atoms with Gasteiger partial charge in [0.15, 0.2) is 0 Å². The van der Waals surface area contributed by atoms with Gasteiger partial charge in [0, 0.05) is 30.9 Å². The van der Waals surface area contributed by atoms with Gasteiger partial charge in [-0.15, -0.1) is 0 Å². The number of nitrogens with two attached hydrogens (primary N) is 1. The van der Waals surface area contributed by atoms with Crippen molar-refractivity contribution in [1.29, 1.82) is 0 Å². The van der Waals surface area contributed by atoms with Crippen molar-refractivity contribution in [3.8, 4) is 5.75 Å². The van der Waals surface area contributed by atoms with Crippen molar-refractivity contribution in [2.24, 2.45) is 0 Å². The van der Waals surface area contributed by atoms with Gasteiger partial charge in [0.1, 0.15) is 17.4 Å². The topological polar surface area (TPSA) is 84.6 Å². The van der Waals surface area contributed by atoms with E-state index in [0.29, 0.717) is 30.3 Å². The van der Waals surface area contributed by atoms with Crippen LogP contribution in [0.25, 0.3) is 0 Å². The summed E-state index contributed by atoms with van der Waals surface area (Å²) in [6.07, 6.45) is 2.60. The second-order valence-electron chi connectivity index (χ2n) is 6.24. The molecule has 0 unspecified atom stereocenters. The molecule has 0 spiro atoms. The van der Waals surface area contributed by atoms with Crippen LogP contribution in [0, 0.1) is 0 Å². The zero-order valence-electron chi connectivity index (χ0n) is 14.6. The van der Waals surface area contributed by atoms with E-state index in [1.54, 1.807) is 31.5 Å². The number of rotatable bonds is 5. The van der Waals surface area contributed by atoms with Crippen LogP contribution in [0.3, 0.4) is 0 Å². The van der Waals surface area contributed by atoms with Gasteiger partial charge in [-0.2, -0.15) is 0 Å². The Bertz CT molecular complexity index is 735. The van der Waals surface area contributed by atoms with Crippen LogP contribution in [-0.2, 0) is 6.54 Å². The van der Waals surface area contributed by atoms with E-state index in [4.69, 9.17) is 10.5 Å². The van der Waals surface area contributed by atoms with Crippen molar-refractivity contribution in [2.75, 3.05) is 33.0 Å². The number of carbonyl (C=O) groups excluding carboxylic acids is 1. The third-order valence-electron chi connectivity index (χ3n) is 4.53. The van der Waals surface area contributed by atoms with E-state index in [0.717, 1.165) is 18.7 Å². The van der Waals surface area contributed by atoms with Gasteiger partial charge in [0.25, 0.3) is 5.91 Å². The molecule has 3 rings (SSSR count). The van der Waals surface area contributed by atoms with E-state index < -0.39 is 0 Å². The monoisotopic (exact) mass is 341 g/mol. The largest absolute Gasteiger partial charge is 0.497 e. The number of ether oxygens (including phenoxy) is 1. The number of hydrogen-bond acceptors (Lipinski definition) is 6. The predicted molar refractivity (Wildman–Crippen MR) is 95.2 cm³/mol. The number of methoxy groups -OCH3 is 1. The quantitative estimate of drug-likeness (QED) is 0.885. The summed E-state index contributed by atoms with van der Waals surface area (Å²) in [6.45, 7) is 2.06. The lowest BCUT2D eigenvalue weighted by Gasteiger charge is -2.24. The molecule has 7 heteroatoms. The summed E-state index contributed by atoms with van der Waals surface area (Å²) in [4.78, 5) is 25.2. The normalized spacial score (nSPS) is 17.1. The highest BCUT2D eigenvalue weighted by atomic mass is 16.5. The van der Waals surface area contributed by atoms with E-state index in [1.807, 2.05) is 24.1 Å². The number of aromatic nitrogens is 2. The van der Waals surface area contributed by atoms with Gasteiger partial charge in [0.2, 0.25) is 0 Å². The van der Waals surface area contributed by atoms with Crippen molar-refractivity contribution in [3.63, 3.8) is 0 Å². The van der Waals surface area contributed by atoms with Crippen molar-refractivity contribution < 1.29 is 9.53 Å². The second kappa shape index (κ2) is 7.48. The van der Waals surface area contributed by atoms with Crippen molar-refractivity contribution in [2.45, 2.75) is 19.0 Å². The number of hydrogen-bond donors (Lipinski definition) is 1. The Morgan fingerprint density at radius 1 is 1.36 bits per heavy atom. The summed E-state index contributed by atoms with van der Waals surface area (Å²) in [5, 5.41) is 0. The number of amides is 1. The van der Waals surface area contributed by atoms with Gasteiger partial charge in [-0.1, -0.05) is 0 Å². The molecule has 1 atom stereocenters. The smallest absolute Gasteiger partial charge is 0.253 e. The minimum absolute atomic E-state index is 0.0544. The molecule has 1 saturated heterocycles. The summed E-state index contributed by atoms with van der Waals surface area (Å²) in [5.74, 6) is 1.97. The zero-order chi connectivity index (χ0) is 17.8. The van der Waals surface area contributed by atoms with Gasteiger partial charge in [-0.3, -0.25) is 9.69 Å². The van der Waals surface area contributed by atoms with Crippen LogP contribution in [0.2, 0.25) is 0 Å². The number of nitrogen functional groups attached to an aromatic ring is 1. The van der Waals surface area contributed by atoms with Crippen molar-refractivity contribution in [1.82, 2.24) is 19.8 Å². The number of likely N-dealkylation sites (N-methyl/N-ethyl adjacent to an activating group) is 1. The summed E-state index contributed by atoms with van der Waals surface area (Å²) in [6, 6.07) is 9.19. The predicted octanol–water partition coefficient (Wildman–Crippen LogP) is 1.41. The first-order valence-electron chi connectivity index (χ1n) is 8.28. The molecule has 7 nitrogen and oxygen atoms in total. The highest BCUT2D eigenvalue weighted by molar-refractivity contribution is 5.94. The molecule has 0 saturated carbocycles. The molecule has 132 valence electrons. The minimum atomic E-state index is 0.0544. The third-order valence-corrected chi connectivity index (χ3v) is 4.53. The Balaban J connectivity index is 1.59. The lowest BCUT2D eigenvalue weighted by atomic mass is 10.2.